The molecule has 0 spiro atoms. The quantitative estimate of drug-likeness (QED) is 0.834. The molecule has 1 heterocycles. The number of rotatable bonds is 5. The third-order valence-electron chi connectivity index (χ3n) is 3.37. The van der Waals surface area contributed by atoms with Gasteiger partial charge in [0, 0.05) is 23.1 Å². The number of hydrogen-bond acceptors (Lipinski definition) is 3. The summed E-state index contributed by atoms with van der Waals surface area (Å²) < 4.78 is 41.2. The van der Waals surface area contributed by atoms with Crippen LogP contribution in [-0.4, -0.2) is 36.8 Å². The number of nitrogens with one attached hydrogen (secondary N) is 2. The lowest BCUT2D eigenvalue weighted by atomic mass is 10.0. The molecule has 0 saturated heterocycles. The molecule has 0 bridgehead atoms. The summed E-state index contributed by atoms with van der Waals surface area (Å²) in [5.41, 5.74) is 2.07. The van der Waals surface area contributed by atoms with E-state index < -0.39 is 18.7 Å². The van der Waals surface area contributed by atoms with E-state index >= 15 is 0 Å². The number of methoxy groups -OCH3 is 1. The van der Waals surface area contributed by atoms with Gasteiger partial charge in [-0.05, 0) is 31.0 Å². The predicted molar refractivity (Wildman–Crippen MR) is 76.9 cm³/mol. The molecule has 0 radical (unpaired) electrons. The van der Waals surface area contributed by atoms with Crippen molar-refractivity contribution in [1.82, 2.24) is 10.3 Å². The van der Waals surface area contributed by atoms with Crippen molar-refractivity contribution >= 4 is 16.9 Å². The maximum atomic E-state index is 12.2. The van der Waals surface area contributed by atoms with Gasteiger partial charge in [0.25, 0.3) is 0 Å². The van der Waals surface area contributed by atoms with Crippen molar-refractivity contribution in [3.8, 4) is 0 Å². The number of esters is 1. The Hall–Kier alpha value is -2.02. The van der Waals surface area contributed by atoms with E-state index in [0.29, 0.717) is 12.0 Å². The van der Waals surface area contributed by atoms with Gasteiger partial charge < -0.3 is 15.0 Å². The number of aromatic amines is 1. The van der Waals surface area contributed by atoms with Crippen molar-refractivity contribution in [3.05, 3.63) is 35.5 Å². The summed E-state index contributed by atoms with van der Waals surface area (Å²) in [4.78, 5) is 14.5. The molecule has 0 amide bonds. The smallest absolute Gasteiger partial charge is 0.401 e. The van der Waals surface area contributed by atoms with Crippen LogP contribution in [0.1, 0.15) is 22.8 Å². The Bertz CT molecular complexity index is 664. The summed E-state index contributed by atoms with van der Waals surface area (Å²) in [6.45, 7) is 0.691. The van der Waals surface area contributed by atoms with Crippen LogP contribution < -0.4 is 5.32 Å². The van der Waals surface area contributed by atoms with E-state index in [1.807, 2.05) is 0 Å². The number of carbonyl (C=O) groups is 1. The molecule has 2 aromatic rings. The summed E-state index contributed by atoms with van der Waals surface area (Å²) >= 11 is 0. The molecule has 4 nitrogen and oxygen atoms in total. The van der Waals surface area contributed by atoms with Gasteiger partial charge in [0.2, 0.25) is 0 Å². The minimum atomic E-state index is -4.22. The number of aromatic nitrogens is 1. The Labute approximate surface area is 125 Å². The van der Waals surface area contributed by atoms with Gasteiger partial charge >= 0.3 is 12.1 Å². The molecule has 0 aliphatic rings. The number of H-pyrrole nitrogens is 1. The van der Waals surface area contributed by atoms with Gasteiger partial charge in [-0.25, -0.2) is 4.79 Å². The first kappa shape index (κ1) is 16.4. The Morgan fingerprint density at radius 3 is 2.77 bits per heavy atom. The largest absolute Gasteiger partial charge is 0.465 e. The highest BCUT2D eigenvalue weighted by Crippen LogP contribution is 2.22. The predicted octanol–water partition coefficient (Wildman–Crippen LogP) is 3.04. The second kappa shape index (κ2) is 6.39. The van der Waals surface area contributed by atoms with Crippen LogP contribution in [0, 0.1) is 0 Å². The molecular weight excluding hydrogens is 297 g/mol. The number of alkyl halides is 3. The molecule has 2 rings (SSSR count). The summed E-state index contributed by atoms with van der Waals surface area (Å²) in [5.74, 6) is -0.432. The molecule has 1 atom stereocenters. The lowest BCUT2D eigenvalue weighted by molar-refractivity contribution is -0.126. The van der Waals surface area contributed by atoms with Gasteiger partial charge in [0.1, 0.15) is 0 Å². The summed E-state index contributed by atoms with van der Waals surface area (Å²) in [7, 11) is 1.31. The van der Waals surface area contributed by atoms with Crippen molar-refractivity contribution in [3.63, 3.8) is 0 Å². The fraction of sp³-hybridized carbons (Fsp3) is 0.400. The third-order valence-corrected chi connectivity index (χ3v) is 3.37. The molecule has 0 saturated carbocycles. The van der Waals surface area contributed by atoms with Crippen LogP contribution in [0.2, 0.25) is 0 Å². The molecule has 0 aliphatic heterocycles. The van der Waals surface area contributed by atoms with Crippen LogP contribution in [0.15, 0.2) is 24.4 Å². The Balaban J connectivity index is 2.11. The zero-order chi connectivity index (χ0) is 16.3. The maximum absolute atomic E-state index is 12.2. The summed E-state index contributed by atoms with van der Waals surface area (Å²) in [5, 5.41) is 3.33. The highest BCUT2D eigenvalue weighted by molar-refractivity contribution is 5.95. The first-order valence-electron chi connectivity index (χ1n) is 6.78. The van der Waals surface area contributed by atoms with Crippen molar-refractivity contribution < 1.29 is 22.7 Å². The zero-order valence-electron chi connectivity index (χ0n) is 12.3. The van der Waals surface area contributed by atoms with Crippen molar-refractivity contribution in [2.24, 2.45) is 0 Å². The zero-order valence-corrected chi connectivity index (χ0v) is 12.3. The topological polar surface area (TPSA) is 54.1 Å². The third kappa shape index (κ3) is 4.00. The average Bonchev–Trinajstić information content (AvgIpc) is 2.86. The first-order valence-corrected chi connectivity index (χ1v) is 6.78. The molecule has 1 aromatic heterocycles. The SMILES string of the molecule is COC(=O)c1ccc2c(C[C@@H](C)NCC(F)(F)F)c[nH]c2c1. The highest BCUT2D eigenvalue weighted by atomic mass is 19.4. The Kier molecular flexibility index (Phi) is 4.75. The second-order valence-corrected chi connectivity index (χ2v) is 5.17. The van der Waals surface area contributed by atoms with E-state index in [2.05, 4.69) is 15.0 Å². The number of ether oxygens (including phenoxy) is 1. The number of halogens is 3. The minimum absolute atomic E-state index is 0.319. The fourth-order valence-electron chi connectivity index (χ4n) is 2.29. The minimum Gasteiger partial charge on any atom is -0.465 e. The molecule has 22 heavy (non-hydrogen) atoms. The summed E-state index contributed by atoms with van der Waals surface area (Å²) in [6.07, 6.45) is -2.02. The normalized spacial score (nSPS) is 13.3. The molecule has 0 fully saturated rings. The number of hydrogen-bond donors (Lipinski definition) is 2. The van der Waals surface area contributed by atoms with Gasteiger partial charge in [0.05, 0.1) is 19.2 Å². The number of benzene rings is 1. The van der Waals surface area contributed by atoms with Gasteiger partial charge in [-0.15, -0.1) is 0 Å². The Morgan fingerprint density at radius 1 is 1.41 bits per heavy atom. The van der Waals surface area contributed by atoms with Crippen LogP contribution in [0.3, 0.4) is 0 Å². The van der Waals surface area contributed by atoms with E-state index in [9.17, 15) is 18.0 Å². The van der Waals surface area contributed by atoms with Gasteiger partial charge in [-0.3, -0.25) is 0 Å². The molecule has 0 aliphatic carbocycles. The molecule has 1 aromatic carbocycles. The van der Waals surface area contributed by atoms with Crippen molar-refractivity contribution in [1.29, 1.82) is 0 Å². The number of fused-ring (bicyclic) bond motifs is 1. The van der Waals surface area contributed by atoms with E-state index in [1.54, 1.807) is 31.3 Å². The van der Waals surface area contributed by atoms with Crippen LogP contribution in [0.4, 0.5) is 13.2 Å². The fourth-order valence-corrected chi connectivity index (χ4v) is 2.29. The van der Waals surface area contributed by atoms with E-state index in [-0.39, 0.29) is 6.04 Å². The maximum Gasteiger partial charge on any atom is 0.401 e. The van der Waals surface area contributed by atoms with Gasteiger partial charge in [0.15, 0.2) is 0 Å². The van der Waals surface area contributed by atoms with Gasteiger partial charge in [-0.1, -0.05) is 6.07 Å². The molecule has 120 valence electrons. The molecule has 2 N–H and O–H groups in total. The average molecular weight is 314 g/mol. The lowest BCUT2D eigenvalue weighted by Crippen LogP contribution is -2.36. The lowest BCUT2D eigenvalue weighted by Gasteiger charge is -2.15. The number of carbonyl (C=O) groups excluding carboxylic acids is 1. The van der Waals surface area contributed by atoms with Crippen LogP contribution in [0.25, 0.3) is 10.9 Å². The molecular formula is C15H17F3N2O2. The van der Waals surface area contributed by atoms with Crippen LogP contribution in [-0.2, 0) is 11.2 Å². The van der Waals surface area contributed by atoms with E-state index in [4.69, 9.17) is 0 Å². The molecule has 7 heteroatoms. The van der Waals surface area contributed by atoms with E-state index in [1.165, 1.54) is 7.11 Å². The van der Waals surface area contributed by atoms with Gasteiger partial charge in [-0.2, -0.15) is 13.2 Å². The van der Waals surface area contributed by atoms with E-state index in [0.717, 1.165) is 16.5 Å². The van der Waals surface area contributed by atoms with Crippen LogP contribution in [0.5, 0.6) is 0 Å². The standard InChI is InChI=1S/C15H17F3N2O2/c1-9(20-8-15(16,17)18)5-11-7-19-13-6-10(14(21)22-2)3-4-12(11)13/h3-4,6-7,9,19-20H,5,8H2,1-2H3/t9-/m1/s1. The monoisotopic (exact) mass is 314 g/mol. The Morgan fingerprint density at radius 2 is 2.14 bits per heavy atom. The van der Waals surface area contributed by atoms with Crippen molar-refractivity contribution in [2.45, 2.75) is 25.6 Å². The highest BCUT2D eigenvalue weighted by Gasteiger charge is 2.27. The first-order chi connectivity index (χ1) is 10.3. The van der Waals surface area contributed by atoms with Crippen molar-refractivity contribution in [2.75, 3.05) is 13.7 Å². The second-order valence-electron chi connectivity index (χ2n) is 5.17. The van der Waals surface area contributed by atoms with Crippen LogP contribution >= 0.6 is 0 Å². The summed E-state index contributed by atoms with van der Waals surface area (Å²) in [6, 6.07) is 4.75. The molecule has 0 unspecified atom stereocenters.